The number of benzene rings is 1. The second kappa shape index (κ2) is 4.72. The lowest BCUT2D eigenvalue weighted by Crippen LogP contribution is -2.01. The highest BCUT2D eigenvalue weighted by atomic mass is 19.1. The predicted molar refractivity (Wildman–Crippen MR) is 67.8 cm³/mol. The van der Waals surface area contributed by atoms with Crippen molar-refractivity contribution in [3.63, 3.8) is 0 Å². The van der Waals surface area contributed by atoms with Crippen molar-refractivity contribution >= 4 is 17.2 Å². The number of hydrogen-bond donors (Lipinski definition) is 2. The smallest absolute Gasteiger partial charge is 0.153 e. The van der Waals surface area contributed by atoms with E-state index in [4.69, 9.17) is 11.0 Å². The molecule has 0 unspecified atom stereocenters. The van der Waals surface area contributed by atoms with Gasteiger partial charge in [-0.2, -0.15) is 5.26 Å². The first-order chi connectivity index (χ1) is 8.60. The van der Waals surface area contributed by atoms with Crippen molar-refractivity contribution in [2.75, 3.05) is 11.1 Å². The quantitative estimate of drug-likeness (QED) is 0.849. The van der Waals surface area contributed by atoms with Crippen molar-refractivity contribution in [1.29, 1.82) is 5.26 Å². The zero-order valence-corrected chi connectivity index (χ0v) is 9.74. The molecule has 0 amide bonds. The number of nitrogens with zero attached hydrogens (tertiary/aromatic N) is 2. The third-order valence-corrected chi connectivity index (χ3v) is 2.42. The number of hydrogen-bond acceptors (Lipinski definition) is 4. The summed E-state index contributed by atoms with van der Waals surface area (Å²) in [6.07, 6.45) is 1.38. The predicted octanol–water partition coefficient (Wildman–Crippen LogP) is 2.73. The van der Waals surface area contributed by atoms with Gasteiger partial charge in [0, 0.05) is 6.20 Å². The van der Waals surface area contributed by atoms with Crippen LogP contribution in [0.25, 0.3) is 0 Å². The lowest BCUT2D eigenvalue weighted by molar-refractivity contribution is 0.630. The summed E-state index contributed by atoms with van der Waals surface area (Å²) in [5.74, 6) is -0.0442. The van der Waals surface area contributed by atoms with Crippen LogP contribution in [0.5, 0.6) is 0 Å². The molecule has 1 aromatic carbocycles. The van der Waals surface area contributed by atoms with Crippen molar-refractivity contribution in [2.24, 2.45) is 0 Å². The van der Waals surface area contributed by atoms with Crippen molar-refractivity contribution in [3.8, 4) is 6.07 Å². The number of anilines is 3. The maximum atomic E-state index is 13.6. The van der Waals surface area contributed by atoms with Crippen LogP contribution in [-0.2, 0) is 0 Å². The molecular formula is C13H11FN4. The van der Waals surface area contributed by atoms with Gasteiger partial charge in [0.25, 0.3) is 0 Å². The van der Waals surface area contributed by atoms with Crippen molar-refractivity contribution in [1.82, 2.24) is 4.98 Å². The Kier molecular flexibility index (Phi) is 3.11. The van der Waals surface area contributed by atoms with Gasteiger partial charge in [-0.1, -0.05) is 6.07 Å². The highest BCUT2D eigenvalue weighted by Gasteiger charge is 2.06. The Hall–Kier alpha value is -2.61. The van der Waals surface area contributed by atoms with Crippen molar-refractivity contribution < 1.29 is 4.39 Å². The van der Waals surface area contributed by atoms with Gasteiger partial charge in [0.15, 0.2) is 5.82 Å². The van der Waals surface area contributed by atoms with E-state index in [9.17, 15) is 4.39 Å². The van der Waals surface area contributed by atoms with Gasteiger partial charge in [0.1, 0.15) is 11.9 Å². The molecule has 3 N–H and O–H groups in total. The summed E-state index contributed by atoms with van der Waals surface area (Å²) in [4.78, 5) is 3.98. The molecular weight excluding hydrogens is 231 g/mol. The Morgan fingerprint density at radius 2 is 2.17 bits per heavy atom. The number of pyridine rings is 1. The molecule has 2 rings (SSSR count). The Morgan fingerprint density at radius 1 is 1.39 bits per heavy atom. The molecule has 0 bridgehead atoms. The molecule has 0 aliphatic rings. The molecule has 1 aromatic heterocycles. The molecule has 0 saturated carbocycles. The fourth-order valence-corrected chi connectivity index (χ4v) is 1.50. The van der Waals surface area contributed by atoms with Gasteiger partial charge < -0.3 is 11.1 Å². The maximum Gasteiger partial charge on any atom is 0.153 e. The normalized spacial score (nSPS) is 9.83. The molecule has 0 aliphatic carbocycles. The van der Waals surface area contributed by atoms with Gasteiger partial charge in [-0.05, 0) is 30.7 Å². The summed E-state index contributed by atoms with van der Waals surface area (Å²) in [5.41, 5.74) is 7.52. The summed E-state index contributed by atoms with van der Waals surface area (Å²) in [6, 6.07) is 8.24. The Morgan fingerprint density at radius 3 is 2.78 bits per heavy atom. The standard InChI is InChI=1S/C13H11FN4/c1-8-2-3-12(10(14)4-8)18-13-11(16)5-9(6-15)7-17-13/h2-5,7H,16H2,1H3,(H,17,18). The first-order valence-electron chi connectivity index (χ1n) is 5.29. The minimum absolute atomic E-state index is 0.296. The van der Waals surface area contributed by atoms with E-state index in [1.807, 2.05) is 6.07 Å². The summed E-state index contributed by atoms with van der Waals surface area (Å²) in [7, 11) is 0. The molecule has 0 saturated heterocycles. The average molecular weight is 242 g/mol. The molecule has 90 valence electrons. The fourth-order valence-electron chi connectivity index (χ4n) is 1.50. The van der Waals surface area contributed by atoms with Gasteiger partial charge in [0.05, 0.1) is 16.9 Å². The van der Waals surface area contributed by atoms with E-state index in [0.29, 0.717) is 22.8 Å². The van der Waals surface area contributed by atoms with Crippen molar-refractivity contribution in [3.05, 3.63) is 47.4 Å². The van der Waals surface area contributed by atoms with Gasteiger partial charge in [-0.3, -0.25) is 0 Å². The number of nitrogens with one attached hydrogen (secondary N) is 1. The molecule has 0 aliphatic heterocycles. The molecule has 18 heavy (non-hydrogen) atoms. The average Bonchev–Trinajstić information content (AvgIpc) is 2.34. The van der Waals surface area contributed by atoms with Gasteiger partial charge in [0.2, 0.25) is 0 Å². The Bertz CT molecular complexity index is 631. The Balaban J connectivity index is 2.32. The van der Waals surface area contributed by atoms with Crippen LogP contribution in [0.1, 0.15) is 11.1 Å². The van der Waals surface area contributed by atoms with Crippen LogP contribution in [0.15, 0.2) is 30.5 Å². The number of aryl methyl sites for hydroxylation is 1. The number of rotatable bonds is 2. The number of nitrogens with two attached hydrogens (primary N) is 1. The number of nitrogen functional groups attached to an aromatic ring is 1. The molecule has 2 aromatic rings. The van der Waals surface area contributed by atoms with E-state index in [0.717, 1.165) is 5.56 Å². The third kappa shape index (κ3) is 2.38. The third-order valence-electron chi connectivity index (χ3n) is 2.42. The zero-order valence-electron chi connectivity index (χ0n) is 9.74. The molecule has 0 radical (unpaired) electrons. The summed E-state index contributed by atoms with van der Waals surface area (Å²) >= 11 is 0. The van der Waals surface area contributed by atoms with E-state index >= 15 is 0 Å². The monoisotopic (exact) mass is 242 g/mol. The number of nitriles is 1. The topological polar surface area (TPSA) is 74.7 Å². The largest absolute Gasteiger partial charge is 0.396 e. The first-order valence-corrected chi connectivity index (χ1v) is 5.29. The molecule has 0 atom stereocenters. The lowest BCUT2D eigenvalue weighted by Gasteiger charge is -2.09. The van der Waals surface area contributed by atoms with Gasteiger partial charge in [-0.15, -0.1) is 0 Å². The number of halogens is 1. The maximum absolute atomic E-state index is 13.6. The van der Waals surface area contributed by atoms with Crippen LogP contribution in [0, 0.1) is 24.1 Å². The van der Waals surface area contributed by atoms with E-state index < -0.39 is 0 Å². The van der Waals surface area contributed by atoms with Gasteiger partial charge >= 0.3 is 0 Å². The summed E-state index contributed by atoms with van der Waals surface area (Å²) in [6.45, 7) is 1.81. The second-order valence-corrected chi connectivity index (χ2v) is 3.88. The van der Waals surface area contributed by atoms with E-state index in [2.05, 4.69) is 10.3 Å². The van der Waals surface area contributed by atoms with Crippen LogP contribution in [0.3, 0.4) is 0 Å². The zero-order chi connectivity index (χ0) is 13.1. The van der Waals surface area contributed by atoms with Crippen molar-refractivity contribution in [2.45, 2.75) is 6.92 Å². The SMILES string of the molecule is Cc1ccc(Nc2ncc(C#N)cc2N)c(F)c1. The van der Waals surface area contributed by atoms with E-state index in [-0.39, 0.29) is 5.82 Å². The van der Waals surface area contributed by atoms with E-state index in [1.54, 1.807) is 19.1 Å². The molecule has 5 heteroatoms. The highest BCUT2D eigenvalue weighted by molar-refractivity contribution is 5.70. The van der Waals surface area contributed by atoms with Gasteiger partial charge in [-0.25, -0.2) is 9.37 Å². The minimum Gasteiger partial charge on any atom is -0.396 e. The molecule has 0 fully saturated rings. The van der Waals surface area contributed by atoms with Crippen LogP contribution in [0.4, 0.5) is 21.6 Å². The van der Waals surface area contributed by atoms with Crippen LogP contribution >= 0.6 is 0 Å². The van der Waals surface area contributed by atoms with Crippen LogP contribution in [-0.4, -0.2) is 4.98 Å². The number of aromatic nitrogens is 1. The molecule has 1 heterocycles. The Labute approximate surface area is 104 Å². The second-order valence-electron chi connectivity index (χ2n) is 3.88. The van der Waals surface area contributed by atoms with Crippen LogP contribution < -0.4 is 11.1 Å². The minimum atomic E-state index is -0.374. The highest BCUT2D eigenvalue weighted by Crippen LogP contribution is 2.23. The molecule has 4 nitrogen and oxygen atoms in total. The summed E-state index contributed by atoms with van der Waals surface area (Å²) < 4.78 is 13.6. The molecule has 0 spiro atoms. The fraction of sp³-hybridized carbons (Fsp3) is 0.0769. The van der Waals surface area contributed by atoms with Crippen LogP contribution in [0.2, 0.25) is 0 Å². The van der Waals surface area contributed by atoms with E-state index in [1.165, 1.54) is 18.3 Å². The summed E-state index contributed by atoms with van der Waals surface area (Å²) in [5, 5.41) is 11.5. The lowest BCUT2D eigenvalue weighted by atomic mass is 10.2. The first kappa shape index (κ1) is 11.9.